The molecule has 2 fully saturated rings. The van der Waals surface area contributed by atoms with Crippen LogP contribution in [0, 0.1) is 25.6 Å². The van der Waals surface area contributed by atoms with Crippen LogP contribution in [0.4, 0.5) is 10.1 Å². The Balaban J connectivity index is 1.30. The maximum absolute atomic E-state index is 14.3. The number of halogens is 1. The fourth-order valence-corrected chi connectivity index (χ4v) is 4.57. The molecule has 2 aliphatic rings. The maximum Gasteiger partial charge on any atom is 0.255 e. The number of methoxy groups -OCH3 is 1. The Hall–Kier alpha value is -3.11. The molecule has 35 heavy (non-hydrogen) atoms. The minimum atomic E-state index is -1.33. The number of aryl methyl sites for hydroxylation is 2. The van der Waals surface area contributed by atoms with Crippen LogP contribution in [-0.2, 0) is 9.53 Å². The molecule has 1 saturated carbocycles. The lowest BCUT2D eigenvalue weighted by atomic mass is 9.95. The van der Waals surface area contributed by atoms with E-state index in [1.165, 1.54) is 19.4 Å². The fourth-order valence-electron chi connectivity index (χ4n) is 4.57. The number of anilines is 1. The van der Waals surface area contributed by atoms with Crippen molar-refractivity contribution in [3.05, 3.63) is 52.9 Å². The Morgan fingerprint density at radius 1 is 1.29 bits per heavy atom. The predicted molar refractivity (Wildman–Crippen MR) is 127 cm³/mol. The van der Waals surface area contributed by atoms with E-state index in [2.05, 4.69) is 20.6 Å². The van der Waals surface area contributed by atoms with Gasteiger partial charge < -0.3 is 25.4 Å². The normalized spacial score (nSPS) is 18.1. The first-order chi connectivity index (χ1) is 16.7. The van der Waals surface area contributed by atoms with Crippen molar-refractivity contribution < 1.29 is 23.8 Å². The molecular weight excluding hydrogens is 453 g/mol. The molecule has 2 amide bonds. The Morgan fingerprint density at radius 3 is 2.63 bits per heavy atom. The number of benzene rings is 1. The molecule has 1 unspecified atom stereocenters. The molecule has 0 bridgehead atoms. The number of piperidine rings is 1. The summed E-state index contributed by atoms with van der Waals surface area (Å²) in [5.74, 6) is -0.163. The lowest BCUT2D eigenvalue weighted by molar-refractivity contribution is -0.124. The van der Waals surface area contributed by atoms with Crippen LogP contribution in [0.2, 0.25) is 0 Å². The molecule has 1 aliphatic heterocycles. The highest BCUT2D eigenvalue weighted by Crippen LogP contribution is 2.36. The average molecular weight is 486 g/mol. The lowest BCUT2D eigenvalue weighted by Crippen LogP contribution is -2.50. The molecule has 1 aliphatic carbocycles. The molecule has 2 aromatic rings. The van der Waals surface area contributed by atoms with E-state index < -0.39 is 17.6 Å². The molecule has 0 spiro atoms. The van der Waals surface area contributed by atoms with Crippen LogP contribution in [0.1, 0.15) is 59.4 Å². The summed E-state index contributed by atoms with van der Waals surface area (Å²) in [6.07, 6.45) is 2.96. The molecule has 4 rings (SSSR count). The van der Waals surface area contributed by atoms with Gasteiger partial charge in [0.15, 0.2) is 6.29 Å². The number of rotatable bonds is 8. The number of hydrogen-bond donors (Lipinski definition) is 3. The minimum absolute atomic E-state index is 0.141. The van der Waals surface area contributed by atoms with E-state index in [0.717, 1.165) is 12.8 Å². The Morgan fingerprint density at radius 2 is 2.00 bits per heavy atom. The van der Waals surface area contributed by atoms with E-state index in [4.69, 9.17) is 4.74 Å². The first-order valence-corrected chi connectivity index (χ1v) is 11.9. The molecule has 2 heterocycles. The number of ether oxygens (including phenoxy) is 1. The van der Waals surface area contributed by atoms with Crippen molar-refractivity contribution in [2.75, 3.05) is 31.6 Å². The molecule has 1 atom stereocenters. The van der Waals surface area contributed by atoms with Gasteiger partial charge in [-0.05, 0) is 57.6 Å². The predicted octanol–water partition coefficient (Wildman–Crippen LogP) is 2.17. The van der Waals surface area contributed by atoms with Crippen LogP contribution >= 0.6 is 0 Å². The topological polar surface area (TPSA) is 117 Å². The summed E-state index contributed by atoms with van der Waals surface area (Å²) < 4.78 is 19.3. The molecule has 3 N–H and O–H groups in total. The Labute approximate surface area is 204 Å². The highest BCUT2D eigenvalue weighted by Gasteiger charge is 2.51. The summed E-state index contributed by atoms with van der Waals surface area (Å²) in [5.41, 5.74) is 0.844. The molecular formula is C25H32FN5O4. The van der Waals surface area contributed by atoms with Gasteiger partial charge in [-0.25, -0.2) is 14.4 Å². The van der Waals surface area contributed by atoms with Crippen molar-refractivity contribution in [1.82, 2.24) is 20.6 Å². The van der Waals surface area contributed by atoms with Gasteiger partial charge in [-0.1, -0.05) is 6.07 Å². The summed E-state index contributed by atoms with van der Waals surface area (Å²) in [6, 6.07) is 4.71. The number of hydrogen-bond acceptors (Lipinski definition) is 7. The molecule has 1 aromatic heterocycles. The molecule has 9 nitrogen and oxygen atoms in total. The van der Waals surface area contributed by atoms with Crippen molar-refractivity contribution in [3.8, 4) is 0 Å². The van der Waals surface area contributed by atoms with E-state index >= 15 is 0 Å². The number of aliphatic hydroxyl groups excluding tert-OH is 1. The quantitative estimate of drug-likeness (QED) is 0.491. The van der Waals surface area contributed by atoms with Crippen molar-refractivity contribution in [1.29, 1.82) is 0 Å². The molecule has 0 radical (unpaired) electrons. The zero-order valence-corrected chi connectivity index (χ0v) is 20.3. The van der Waals surface area contributed by atoms with Crippen molar-refractivity contribution in [3.63, 3.8) is 0 Å². The van der Waals surface area contributed by atoms with Gasteiger partial charge in [0, 0.05) is 38.6 Å². The number of nitrogens with one attached hydrogen (secondary N) is 2. The van der Waals surface area contributed by atoms with Crippen molar-refractivity contribution >= 4 is 17.5 Å². The minimum Gasteiger partial charge on any atom is -0.371 e. The van der Waals surface area contributed by atoms with Crippen LogP contribution in [0.5, 0.6) is 0 Å². The molecule has 188 valence electrons. The van der Waals surface area contributed by atoms with Gasteiger partial charge >= 0.3 is 0 Å². The first-order valence-electron chi connectivity index (χ1n) is 11.9. The fraction of sp³-hybridized carbons (Fsp3) is 0.520. The maximum atomic E-state index is 14.3. The number of nitrogens with zero attached hydrogens (tertiary/aromatic N) is 3. The van der Waals surface area contributed by atoms with Crippen molar-refractivity contribution in [2.45, 2.75) is 51.4 Å². The average Bonchev–Trinajstić information content (AvgIpc) is 3.62. The van der Waals surface area contributed by atoms with Crippen LogP contribution in [-0.4, -0.2) is 59.2 Å². The highest BCUT2D eigenvalue weighted by atomic mass is 19.1. The zero-order chi connectivity index (χ0) is 25.2. The summed E-state index contributed by atoms with van der Waals surface area (Å²) in [6.45, 7) is 5.35. The third-order valence-corrected chi connectivity index (χ3v) is 6.89. The van der Waals surface area contributed by atoms with Gasteiger partial charge in [-0.2, -0.15) is 0 Å². The summed E-state index contributed by atoms with van der Waals surface area (Å²) in [4.78, 5) is 36.0. The van der Waals surface area contributed by atoms with E-state index in [1.807, 2.05) is 4.90 Å². The number of amides is 2. The second kappa shape index (κ2) is 10.2. The third-order valence-electron chi connectivity index (χ3n) is 6.89. The summed E-state index contributed by atoms with van der Waals surface area (Å²) in [5, 5.41) is 16.0. The highest BCUT2D eigenvalue weighted by molar-refractivity contribution is 6.01. The smallest absolute Gasteiger partial charge is 0.255 e. The van der Waals surface area contributed by atoms with Crippen LogP contribution in [0.25, 0.3) is 0 Å². The van der Waals surface area contributed by atoms with Gasteiger partial charge in [-0.15, -0.1) is 0 Å². The number of carbonyl (C=O) groups is 2. The van der Waals surface area contributed by atoms with Crippen molar-refractivity contribution in [2.24, 2.45) is 5.92 Å². The van der Waals surface area contributed by atoms with Gasteiger partial charge in [0.2, 0.25) is 5.91 Å². The van der Waals surface area contributed by atoms with Gasteiger partial charge in [0.25, 0.3) is 5.91 Å². The molecule has 10 heteroatoms. The zero-order valence-electron chi connectivity index (χ0n) is 20.3. The van der Waals surface area contributed by atoms with Gasteiger partial charge in [0.05, 0.1) is 16.8 Å². The molecule has 1 aromatic carbocycles. The molecule has 1 saturated heterocycles. The number of aliphatic hydroxyl groups is 1. The summed E-state index contributed by atoms with van der Waals surface area (Å²) in [7, 11) is 1.33. The monoisotopic (exact) mass is 485 g/mol. The van der Waals surface area contributed by atoms with Crippen LogP contribution in [0.15, 0.2) is 24.4 Å². The lowest BCUT2D eigenvalue weighted by Gasteiger charge is -2.35. The number of aromatic nitrogens is 2. The Kier molecular flexibility index (Phi) is 7.32. The largest absolute Gasteiger partial charge is 0.371 e. The summed E-state index contributed by atoms with van der Waals surface area (Å²) >= 11 is 0. The van der Waals surface area contributed by atoms with E-state index in [1.54, 1.807) is 26.0 Å². The van der Waals surface area contributed by atoms with E-state index in [9.17, 15) is 19.1 Å². The first kappa shape index (κ1) is 25.0. The SMILES string of the molecule is COC(O)c1c(F)cccc1N1CCC(CNC(=O)C2(NC(=O)c3cnc(C)nc3C)CC2)CC1. The van der Waals surface area contributed by atoms with Gasteiger partial charge in [0.1, 0.15) is 17.2 Å². The van der Waals surface area contributed by atoms with Crippen LogP contribution < -0.4 is 15.5 Å². The standard InChI is InChI=1S/C25H32FN5O4/c1-15-18(14-27-16(2)29-15)22(32)30-25(9-10-25)24(34)28-13-17-7-11-31(12-8-17)20-6-4-5-19(26)21(20)23(33)35-3/h4-6,14,17,23,33H,7-13H2,1-3H3,(H,28,34)(H,30,32). The second-order valence-corrected chi connectivity index (χ2v) is 9.35. The number of carbonyl (C=O) groups excluding carboxylic acids is 2. The third kappa shape index (κ3) is 5.43. The van der Waals surface area contributed by atoms with Gasteiger partial charge in [-0.3, -0.25) is 9.59 Å². The van der Waals surface area contributed by atoms with Crippen LogP contribution in [0.3, 0.4) is 0 Å². The van der Waals surface area contributed by atoms with E-state index in [0.29, 0.717) is 55.2 Å². The van der Waals surface area contributed by atoms with E-state index in [-0.39, 0.29) is 23.3 Å². The Bertz CT molecular complexity index is 1100. The second-order valence-electron chi connectivity index (χ2n) is 9.35.